The van der Waals surface area contributed by atoms with Crippen LogP contribution in [0.4, 0.5) is 17.2 Å². The Morgan fingerprint density at radius 1 is 0.857 bits per heavy atom. The summed E-state index contributed by atoms with van der Waals surface area (Å²) < 4.78 is 66.2. The van der Waals surface area contributed by atoms with Gasteiger partial charge in [-0.2, -0.15) is 9.97 Å². The number of nitrogens with one attached hydrogen (secondary N) is 2. The third-order valence-electron chi connectivity index (χ3n) is 6.51. The van der Waals surface area contributed by atoms with E-state index in [4.69, 9.17) is 9.47 Å². The molecule has 42 heavy (non-hydrogen) atoms. The van der Waals surface area contributed by atoms with Crippen LogP contribution in [-0.4, -0.2) is 53.5 Å². The smallest absolute Gasteiger partial charge is 0.321 e. The number of ether oxygens (including phenoxy) is 2. The van der Waals surface area contributed by atoms with E-state index in [1.54, 1.807) is 6.07 Å². The highest BCUT2D eigenvalue weighted by Crippen LogP contribution is 2.32. The maximum absolute atomic E-state index is 13.4. The van der Waals surface area contributed by atoms with Crippen molar-refractivity contribution >= 4 is 43.1 Å². The zero-order chi connectivity index (χ0) is 29.9. The number of para-hydroxylation sites is 1. The summed E-state index contributed by atoms with van der Waals surface area (Å²) in [5.41, 5.74) is 2.22. The highest BCUT2D eigenvalue weighted by molar-refractivity contribution is 7.93. The van der Waals surface area contributed by atoms with Crippen molar-refractivity contribution in [3.63, 3.8) is 0 Å². The Morgan fingerprint density at radius 2 is 1.55 bits per heavy atom. The molecule has 0 spiro atoms. The molecule has 1 aliphatic heterocycles. The number of aromatic nitrogens is 2. The maximum Gasteiger partial charge on any atom is 0.321 e. The van der Waals surface area contributed by atoms with Gasteiger partial charge in [0.25, 0.3) is 26.0 Å². The fraction of sp³-hybridized carbons (Fsp3) is 0.179. The molecule has 3 aromatic carbocycles. The Balaban J connectivity index is 1.27. The van der Waals surface area contributed by atoms with Gasteiger partial charge < -0.3 is 14.8 Å². The van der Waals surface area contributed by atoms with E-state index < -0.39 is 26.0 Å². The van der Waals surface area contributed by atoms with Crippen LogP contribution in [0.1, 0.15) is 22.3 Å². The number of rotatable bonds is 9. The summed E-state index contributed by atoms with van der Waals surface area (Å²) in [5.74, 6) is -0.428. The van der Waals surface area contributed by atoms with E-state index in [2.05, 4.69) is 20.0 Å². The van der Waals surface area contributed by atoms with Crippen LogP contribution in [0.3, 0.4) is 0 Å². The number of fused-ring (bicyclic) bond motifs is 1. The Bertz CT molecular complexity index is 1810. The Hall–Kier alpha value is -4.69. The molecule has 0 bridgehead atoms. The molecule has 1 amide bonds. The van der Waals surface area contributed by atoms with E-state index in [9.17, 15) is 21.6 Å². The second-order valence-electron chi connectivity index (χ2n) is 9.20. The third kappa shape index (κ3) is 5.99. The first-order chi connectivity index (χ1) is 20.1. The van der Waals surface area contributed by atoms with Gasteiger partial charge in [0.05, 0.1) is 29.7 Å². The molecule has 2 N–H and O–H groups in total. The van der Waals surface area contributed by atoms with E-state index >= 15 is 0 Å². The molecule has 0 aliphatic carbocycles. The van der Waals surface area contributed by atoms with E-state index in [-0.39, 0.29) is 33.1 Å². The Morgan fingerprint density at radius 3 is 2.24 bits per heavy atom. The number of hydrogen-bond acceptors (Lipinski definition) is 9. The minimum absolute atomic E-state index is 0.0500. The number of aryl methyl sites for hydroxylation is 1. The molecular formula is C28H27N5O7S2. The van der Waals surface area contributed by atoms with Gasteiger partial charge in [-0.15, -0.1) is 0 Å². The van der Waals surface area contributed by atoms with Gasteiger partial charge in [0.2, 0.25) is 5.88 Å². The lowest BCUT2D eigenvalue weighted by molar-refractivity contribution is 0.102. The average Bonchev–Trinajstić information content (AvgIpc) is 3.00. The summed E-state index contributed by atoms with van der Waals surface area (Å²) in [5, 5.41) is 2.68. The predicted octanol–water partition coefficient (Wildman–Crippen LogP) is 3.69. The first kappa shape index (κ1) is 28.8. The van der Waals surface area contributed by atoms with E-state index in [0.29, 0.717) is 17.9 Å². The SMILES string of the molecule is COc1cc(NS(=O)(=O)c2ccc(NC(=O)c3ccc(S(=O)(=O)N4CCCc5ccccc54)cc3)cc2)nc(OC)n1. The van der Waals surface area contributed by atoms with E-state index in [1.165, 1.54) is 73.1 Å². The number of nitrogens with zero attached hydrogens (tertiary/aromatic N) is 3. The molecule has 218 valence electrons. The van der Waals surface area contributed by atoms with Crippen LogP contribution in [-0.2, 0) is 26.5 Å². The van der Waals surface area contributed by atoms with Crippen molar-refractivity contribution in [3.8, 4) is 11.9 Å². The van der Waals surface area contributed by atoms with E-state index in [1.807, 2.05) is 18.2 Å². The maximum atomic E-state index is 13.4. The van der Waals surface area contributed by atoms with Crippen molar-refractivity contribution in [3.05, 3.63) is 90.0 Å². The molecule has 1 aromatic heterocycles. The van der Waals surface area contributed by atoms with Crippen molar-refractivity contribution in [2.75, 3.05) is 35.1 Å². The second-order valence-corrected chi connectivity index (χ2v) is 12.7. The molecule has 12 nitrogen and oxygen atoms in total. The highest BCUT2D eigenvalue weighted by atomic mass is 32.2. The number of hydrogen-bond donors (Lipinski definition) is 2. The van der Waals surface area contributed by atoms with Crippen LogP contribution in [0.25, 0.3) is 0 Å². The highest BCUT2D eigenvalue weighted by Gasteiger charge is 2.29. The van der Waals surface area contributed by atoms with Crippen LogP contribution in [0, 0.1) is 0 Å². The van der Waals surface area contributed by atoms with Gasteiger partial charge >= 0.3 is 6.01 Å². The van der Waals surface area contributed by atoms with Crippen LogP contribution < -0.4 is 23.8 Å². The van der Waals surface area contributed by atoms with Gasteiger partial charge in [0.1, 0.15) is 0 Å². The molecular weight excluding hydrogens is 582 g/mol. The van der Waals surface area contributed by atoms with Crippen LogP contribution in [0.2, 0.25) is 0 Å². The number of anilines is 3. The van der Waals surface area contributed by atoms with Gasteiger partial charge in [-0.05, 0) is 73.0 Å². The molecule has 0 fully saturated rings. The summed E-state index contributed by atoms with van der Waals surface area (Å²) in [6, 6.07) is 19.8. The number of carbonyl (C=O) groups is 1. The van der Waals surface area contributed by atoms with Crippen molar-refractivity contribution in [2.24, 2.45) is 0 Å². The molecule has 14 heteroatoms. The third-order valence-corrected chi connectivity index (χ3v) is 9.71. The lowest BCUT2D eigenvalue weighted by Crippen LogP contribution is -2.35. The standard InChI is InChI=1S/C28H27N5O7S2/c1-39-26-18-25(30-28(31-26)40-2)32-41(35,36)22-15-11-21(12-16-22)29-27(34)20-9-13-23(14-10-20)42(37,38)33-17-5-7-19-6-3-4-8-24(19)33/h3-4,6,8-16,18H,5,7,17H2,1-2H3,(H,29,34)(H,30,31,32). The summed E-state index contributed by atoms with van der Waals surface area (Å²) in [6.45, 7) is 0.379. The van der Waals surface area contributed by atoms with Crippen LogP contribution >= 0.6 is 0 Å². The molecule has 2 heterocycles. The Labute approximate surface area is 243 Å². The monoisotopic (exact) mass is 609 g/mol. The number of benzene rings is 3. The zero-order valence-corrected chi connectivity index (χ0v) is 24.3. The number of carbonyl (C=O) groups excluding carboxylic acids is 1. The van der Waals surface area contributed by atoms with Gasteiger partial charge in [0.15, 0.2) is 5.82 Å². The number of sulfonamides is 2. The van der Waals surface area contributed by atoms with Crippen molar-refractivity contribution in [1.82, 2.24) is 9.97 Å². The average molecular weight is 610 g/mol. The topological polar surface area (TPSA) is 157 Å². The first-order valence-electron chi connectivity index (χ1n) is 12.7. The minimum Gasteiger partial charge on any atom is -0.481 e. The molecule has 0 saturated heterocycles. The van der Waals surface area contributed by atoms with Gasteiger partial charge in [-0.1, -0.05) is 18.2 Å². The lowest BCUT2D eigenvalue weighted by atomic mass is 10.0. The van der Waals surface area contributed by atoms with Gasteiger partial charge in [-0.3, -0.25) is 13.8 Å². The van der Waals surface area contributed by atoms with Crippen LogP contribution in [0.5, 0.6) is 11.9 Å². The predicted molar refractivity (Wildman–Crippen MR) is 156 cm³/mol. The summed E-state index contributed by atoms with van der Waals surface area (Å²) in [4.78, 5) is 20.7. The van der Waals surface area contributed by atoms with Crippen molar-refractivity contribution in [2.45, 2.75) is 22.6 Å². The largest absolute Gasteiger partial charge is 0.481 e. The molecule has 0 unspecified atom stereocenters. The quantitative estimate of drug-likeness (QED) is 0.289. The summed E-state index contributed by atoms with van der Waals surface area (Å²) in [7, 11) is -5.13. The van der Waals surface area contributed by atoms with Crippen molar-refractivity contribution in [1.29, 1.82) is 0 Å². The zero-order valence-electron chi connectivity index (χ0n) is 22.6. The second kappa shape index (κ2) is 11.7. The van der Waals surface area contributed by atoms with Gasteiger partial charge in [-0.25, -0.2) is 16.8 Å². The minimum atomic E-state index is -4.03. The molecule has 1 aliphatic rings. The normalized spacial score (nSPS) is 13.1. The molecule has 0 radical (unpaired) electrons. The number of methoxy groups -OCH3 is 2. The molecule has 5 rings (SSSR count). The molecule has 4 aromatic rings. The van der Waals surface area contributed by atoms with Crippen LogP contribution in [0.15, 0.2) is 88.7 Å². The first-order valence-corrected chi connectivity index (χ1v) is 15.6. The number of amides is 1. The Kier molecular flexibility index (Phi) is 8.00. The fourth-order valence-electron chi connectivity index (χ4n) is 4.42. The summed E-state index contributed by atoms with van der Waals surface area (Å²) >= 11 is 0. The van der Waals surface area contributed by atoms with E-state index in [0.717, 1.165) is 18.4 Å². The summed E-state index contributed by atoms with van der Waals surface area (Å²) in [6.07, 6.45) is 1.54. The molecule has 0 atom stereocenters. The lowest BCUT2D eigenvalue weighted by Gasteiger charge is -2.30. The molecule has 0 saturated carbocycles. The van der Waals surface area contributed by atoms with Crippen molar-refractivity contribution < 1.29 is 31.1 Å². The van der Waals surface area contributed by atoms with Gasteiger partial charge in [0, 0.05) is 23.9 Å². The fourth-order valence-corrected chi connectivity index (χ4v) is 6.96.